The summed E-state index contributed by atoms with van der Waals surface area (Å²) in [6.45, 7) is 2.05. The van der Waals surface area contributed by atoms with Gasteiger partial charge in [-0.1, -0.05) is 6.07 Å². The van der Waals surface area contributed by atoms with Crippen LogP contribution in [0.25, 0.3) is 0 Å². The predicted molar refractivity (Wildman–Crippen MR) is 126 cm³/mol. The second-order valence-corrected chi connectivity index (χ2v) is 9.07. The Morgan fingerprint density at radius 1 is 1.16 bits per heavy atom. The molecule has 32 heavy (non-hydrogen) atoms. The summed E-state index contributed by atoms with van der Waals surface area (Å²) in [5.41, 5.74) is 4.58. The zero-order valence-corrected chi connectivity index (χ0v) is 18.6. The standard InChI is InChI=1S/C25H24N4O2S/c1-16-10-12-27-21(14-16)28-23(17-6-4-11-26-15-17)22-18-7-2-3-9-20(18)32-25(22)29-24(30)19-8-5-13-31-19/h4-6,8,10-15,23H,2-3,7,9H2,1H3,(H,27,28)(H,29,30). The van der Waals surface area contributed by atoms with E-state index >= 15 is 0 Å². The van der Waals surface area contributed by atoms with Crippen LogP contribution in [0.4, 0.5) is 10.8 Å². The summed E-state index contributed by atoms with van der Waals surface area (Å²) in [6, 6.07) is 11.2. The summed E-state index contributed by atoms with van der Waals surface area (Å²) < 4.78 is 5.32. The molecule has 4 aromatic rings. The number of thiophene rings is 1. The first-order valence-electron chi connectivity index (χ1n) is 10.8. The van der Waals surface area contributed by atoms with Crippen molar-refractivity contribution in [3.8, 4) is 0 Å². The van der Waals surface area contributed by atoms with E-state index in [1.807, 2.05) is 31.3 Å². The van der Waals surface area contributed by atoms with Gasteiger partial charge in [0.15, 0.2) is 5.76 Å². The van der Waals surface area contributed by atoms with E-state index in [-0.39, 0.29) is 11.9 Å². The summed E-state index contributed by atoms with van der Waals surface area (Å²) in [7, 11) is 0. The fourth-order valence-corrected chi connectivity index (χ4v) is 5.52. The summed E-state index contributed by atoms with van der Waals surface area (Å²) in [5.74, 6) is 0.847. The van der Waals surface area contributed by atoms with Crippen LogP contribution >= 0.6 is 11.3 Å². The lowest BCUT2D eigenvalue weighted by atomic mass is 9.90. The van der Waals surface area contributed by atoms with Gasteiger partial charge in [-0.2, -0.15) is 0 Å². The Morgan fingerprint density at radius 3 is 2.84 bits per heavy atom. The lowest BCUT2D eigenvalue weighted by Gasteiger charge is -2.24. The number of aryl methyl sites for hydroxylation is 2. The third kappa shape index (κ3) is 4.16. The number of carbonyl (C=O) groups is 1. The normalized spacial score (nSPS) is 13.9. The number of carbonyl (C=O) groups excluding carboxylic acids is 1. The van der Waals surface area contributed by atoms with E-state index in [0.717, 1.165) is 46.8 Å². The Kier molecular flexibility index (Phi) is 5.73. The van der Waals surface area contributed by atoms with Crippen LogP contribution < -0.4 is 10.6 Å². The molecule has 5 rings (SSSR count). The van der Waals surface area contributed by atoms with Gasteiger partial charge in [0.05, 0.1) is 12.3 Å². The van der Waals surface area contributed by atoms with Crippen molar-refractivity contribution in [2.45, 2.75) is 38.6 Å². The SMILES string of the molecule is Cc1ccnc(NC(c2cccnc2)c2c(NC(=O)c3ccco3)sc3c2CCCC3)c1. The second-order valence-electron chi connectivity index (χ2n) is 7.97. The van der Waals surface area contributed by atoms with Crippen molar-refractivity contribution in [1.29, 1.82) is 0 Å². The largest absolute Gasteiger partial charge is 0.459 e. The van der Waals surface area contributed by atoms with Crippen LogP contribution in [-0.2, 0) is 12.8 Å². The number of nitrogens with zero attached hydrogens (tertiary/aromatic N) is 2. The third-order valence-electron chi connectivity index (χ3n) is 5.70. The molecular formula is C25H24N4O2S. The Labute approximate surface area is 190 Å². The number of pyridine rings is 2. The highest BCUT2D eigenvalue weighted by molar-refractivity contribution is 7.16. The van der Waals surface area contributed by atoms with Crippen molar-refractivity contribution in [2.24, 2.45) is 0 Å². The maximum atomic E-state index is 12.9. The van der Waals surface area contributed by atoms with Gasteiger partial charge in [0, 0.05) is 29.0 Å². The first kappa shape index (κ1) is 20.5. The second kappa shape index (κ2) is 8.96. The van der Waals surface area contributed by atoms with Crippen LogP contribution in [0.3, 0.4) is 0 Å². The van der Waals surface area contributed by atoms with E-state index in [1.165, 1.54) is 23.1 Å². The molecule has 1 amide bonds. The number of rotatable bonds is 6. The van der Waals surface area contributed by atoms with Gasteiger partial charge >= 0.3 is 0 Å². The number of hydrogen-bond donors (Lipinski definition) is 2. The van der Waals surface area contributed by atoms with E-state index in [1.54, 1.807) is 35.9 Å². The number of furan rings is 1. The van der Waals surface area contributed by atoms with Crippen molar-refractivity contribution in [2.75, 3.05) is 10.6 Å². The highest BCUT2D eigenvalue weighted by atomic mass is 32.1. The van der Waals surface area contributed by atoms with Gasteiger partial charge in [-0.3, -0.25) is 9.78 Å². The van der Waals surface area contributed by atoms with Crippen molar-refractivity contribution < 1.29 is 9.21 Å². The molecule has 0 aromatic carbocycles. The fraction of sp³-hybridized carbons (Fsp3) is 0.240. The van der Waals surface area contributed by atoms with Gasteiger partial charge in [-0.05, 0) is 79.6 Å². The molecule has 1 unspecified atom stereocenters. The molecular weight excluding hydrogens is 420 g/mol. The predicted octanol–water partition coefficient (Wildman–Crippen LogP) is 5.77. The molecule has 0 aliphatic heterocycles. The van der Waals surface area contributed by atoms with Gasteiger partial charge in [0.1, 0.15) is 10.8 Å². The molecule has 7 heteroatoms. The van der Waals surface area contributed by atoms with E-state index in [2.05, 4.69) is 26.7 Å². The smallest absolute Gasteiger partial charge is 0.291 e. The number of fused-ring (bicyclic) bond motifs is 1. The third-order valence-corrected chi connectivity index (χ3v) is 6.92. The molecule has 1 aliphatic carbocycles. The Morgan fingerprint density at radius 2 is 2.06 bits per heavy atom. The molecule has 0 spiro atoms. The molecule has 162 valence electrons. The monoisotopic (exact) mass is 444 g/mol. The molecule has 0 saturated heterocycles. The molecule has 0 bridgehead atoms. The van der Waals surface area contributed by atoms with E-state index < -0.39 is 0 Å². The number of nitrogens with one attached hydrogen (secondary N) is 2. The number of amides is 1. The minimum atomic E-state index is -0.242. The van der Waals surface area contributed by atoms with E-state index in [4.69, 9.17) is 4.42 Å². The summed E-state index contributed by atoms with van der Waals surface area (Å²) in [4.78, 5) is 23.1. The highest BCUT2D eigenvalue weighted by Crippen LogP contribution is 2.44. The van der Waals surface area contributed by atoms with Gasteiger partial charge < -0.3 is 15.1 Å². The van der Waals surface area contributed by atoms with Gasteiger partial charge in [0.25, 0.3) is 5.91 Å². The maximum Gasteiger partial charge on any atom is 0.291 e. The molecule has 6 nitrogen and oxygen atoms in total. The van der Waals surface area contributed by atoms with Crippen molar-refractivity contribution in [3.05, 3.63) is 94.1 Å². The van der Waals surface area contributed by atoms with E-state index in [0.29, 0.717) is 5.76 Å². The molecule has 1 atom stereocenters. The minimum Gasteiger partial charge on any atom is -0.459 e. The molecule has 2 N–H and O–H groups in total. The number of aromatic nitrogens is 2. The van der Waals surface area contributed by atoms with Crippen molar-refractivity contribution >= 4 is 28.1 Å². The maximum absolute atomic E-state index is 12.9. The van der Waals surface area contributed by atoms with E-state index in [9.17, 15) is 4.79 Å². The first-order chi connectivity index (χ1) is 15.7. The minimum absolute atomic E-state index is 0.192. The van der Waals surface area contributed by atoms with Gasteiger partial charge in [0.2, 0.25) is 0 Å². The molecule has 0 fully saturated rings. The molecule has 4 heterocycles. The van der Waals surface area contributed by atoms with Crippen molar-refractivity contribution in [3.63, 3.8) is 0 Å². The van der Waals surface area contributed by atoms with Crippen LogP contribution in [-0.4, -0.2) is 15.9 Å². The number of anilines is 2. The Bertz CT molecular complexity index is 1220. The average Bonchev–Trinajstić information content (AvgIpc) is 3.46. The fourth-order valence-electron chi connectivity index (χ4n) is 4.19. The average molecular weight is 445 g/mol. The summed E-state index contributed by atoms with van der Waals surface area (Å²) in [6.07, 6.45) is 11.3. The quantitative estimate of drug-likeness (QED) is 0.394. The van der Waals surface area contributed by atoms with Crippen LogP contribution in [0.1, 0.15) is 56.6 Å². The molecule has 0 saturated carbocycles. The topological polar surface area (TPSA) is 80.0 Å². The molecule has 4 aromatic heterocycles. The Balaban J connectivity index is 1.61. The van der Waals surface area contributed by atoms with Crippen LogP contribution in [0.5, 0.6) is 0 Å². The van der Waals surface area contributed by atoms with Crippen molar-refractivity contribution in [1.82, 2.24) is 9.97 Å². The summed E-state index contributed by atoms with van der Waals surface area (Å²) >= 11 is 1.67. The lowest BCUT2D eigenvalue weighted by molar-refractivity contribution is 0.0997. The van der Waals surface area contributed by atoms with Crippen LogP contribution in [0, 0.1) is 6.92 Å². The molecule has 1 aliphatic rings. The highest BCUT2D eigenvalue weighted by Gasteiger charge is 2.29. The van der Waals surface area contributed by atoms with Gasteiger partial charge in [-0.15, -0.1) is 11.3 Å². The first-order valence-corrected chi connectivity index (χ1v) is 11.6. The lowest BCUT2D eigenvalue weighted by Crippen LogP contribution is -2.19. The summed E-state index contributed by atoms with van der Waals surface area (Å²) in [5, 5.41) is 7.59. The Hall–Kier alpha value is -3.45. The zero-order chi connectivity index (χ0) is 21.9. The van der Waals surface area contributed by atoms with Gasteiger partial charge in [-0.25, -0.2) is 4.98 Å². The van der Waals surface area contributed by atoms with Crippen LogP contribution in [0.15, 0.2) is 65.7 Å². The van der Waals surface area contributed by atoms with Crippen LogP contribution in [0.2, 0.25) is 0 Å². The number of hydrogen-bond acceptors (Lipinski definition) is 6. The zero-order valence-electron chi connectivity index (χ0n) is 17.8. The molecule has 0 radical (unpaired) electrons.